The molecule has 7 nitrogen and oxygen atoms in total. The van der Waals surface area contributed by atoms with Gasteiger partial charge in [0.15, 0.2) is 23.9 Å². The molecule has 4 rings (SSSR count). The number of ether oxygens (including phenoxy) is 3. The molecule has 0 saturated carbocycles. The summed E-state index contributed by atoms with van der Waals surface area (Å²) in [6.07, 6.45) is 0. The van der Waals surface area contributed by atoms with E-state index in [4.69, 9.17) is 14.2 Å². The minimum Gasteiger partial charge on any atom is -0.486 e. The lowest BCUT2D eigenvalue weighted by Gasteiger charge is -2.18. The fourth-order valence-electron chi connectivity index (χ4n) is 2.84. The number of anilines is 1. The molecule has 0 unspecified atom stereocenters. The summed E-state index contributed by atoms with van der Waals surface area (Å²) in [5.74, 6) is -0.205. The molecule has 1 amide bonds. The van der Waals surface area contributed by atoms with Crippen molar-refractivity contribution in [2.75, 3.05) is 25.1 Å². The summed E-state index contributed by atoms with van der Waals surface area (Å²) in [6, 6.07) is 14.7. The van der Waals surface area contributed by atoms with E-state index in [0.29, 0.717) is 40.8 Å². The van der Waals surface area contributed by atoms with Gasteiger partial charge in [0.2, 0.25) is 0 Å². The van der Waals surface area contributed by atoms with Crippen LogP contribution >= 0.6 is 11.3 Å². The van der Waals surface area contributed by atoms with E-state index in [1.165, 1.54) is 17.4 Å². The quantitative estimate of drug-likeness (QED) is 0.479. The summed E-state index contributed by atoms with van der Waals surface area (Å²) in [4.78, 5) is 37.4. The van der Waals surface area contributed by atoms with Crippen molar-refractivity contribution in [1.82, 2.24) is 0 Å². The summed E-state index contributed by atoms with van der Waals surface area (Å²) in [6.45, 7) is 0.466. The smallest absolute Gasteiger partial charge is 0.338 e. The number of rotatable bonds is 6. The molecule has 0 atom stereocenters. The van der Waals surface area contributed by atoms with E-state index in [1.807, 2.05) is 0 Å². The van der Waals surface area contributed by atoms with Crippen LogP contribution in [0.15, 0.2) is 60.0 Å². The van der Waals surface area contributed by atoms with Gasteiger partial charge in [-0.3, -0.25) is 9.59 Å². The first-order valence-corrected chi connectivity index (χ1v) is 10.0. The summed E-state index contributed by atoms with van der Waals surface area (Å²) < 4.78 is 16.0. The lowest BCUT2D eigenvalue weighted by atomic mass is 10.1. The molecule has 0 saturated heterocycles. The molecule has 8 heteroatoms. The number of fused-ring (bicyclic) bond motifs is 1. The zero-order valence-electron chi connectivity index (χ0n) is 15.8. The van der Waals surface area contributed by atoms with Crippen molar-refractivity contribution < 1.29 is 28.6 Å². The number of carbonyl (C=O) groups is 3. The number of benzene rings is 2. The fourth-order valence-corrected chi connectivity index (χ4v) is 3.46. The Hall–Kier alpha value is -3.65. The van der Waals surface area contributed by atoms with E-state index in [-0.39, 0.29) is 17.3 Å². The first-order valence-electron chi connectivity index (χ1n) is 9.15. The minimum atomic E-state index is -0.659. The van der Waals surface area contributed by atoms with E-state index >= 15 is 0 Å². The molecule has 1 aliphatic heterocycles. The van der Waals surface area contributed by atoms with Crippen LogP contribution in [0.25, 0.3) is 0 Å². The number of esters is 1. The first kappa shape index (κ1) is 19.7. The van der Waals surface area contributed by atoms with Crippen LogP contribution in [0.4, 0.5) is 5.69 Å². The average Bonchev–Trinajstić information content (AvgIpc) is 3.32. The molecule has 2 heterocycles. The maximum absolute atomic E-state index is 12.4. The molecule has 0 bridgehead atoms. The van der Waals surface area contributed by atoms with Crippen LogP contribution in [0.2, 0.25) is 0 Å². The van der Waals surface area contributed by atoms with Gasteiger partial charge in [0.1, 0.15) is 13.2 Å². The summed E-state index contributed by atoms with van der Waals surface area (Å²) >= 11 is 1.32. The highest BCUT2D eigenvalue weighted by Gasteiger charge is 2.17. The van der Waals surface area contributed by atoms with Crippen LogP contribution in [0.1, 0.15) is 30.4 Å². The Bertz CT molecular complexity index is 1090. The molecule has 2 aromatic carbocycles. The molecule has 0 aliphatic carbocycles. The van der Waals surface area contributed by atoms with Gasteiger partial charge in [-0.1, -0.05) is 12.1 Å². The predicted molar refractivity (Wildman–Crippen MR) is 111 cm³/mol. The van der Waals surface area contributed by atoms with Crippen LogP contribution in [0.5, 0.6) is 11.5 Å². The Morgan fingerprint density at radius 2 is 1.77 bits per heavy atom. The molecule has 1 aliphatic rings. The van der Waals surface area contributed by atoms with Crippen LogP contribution < -0.4 is 14.8 Å². The number of hydrogen-bond donors (Lipinski definition) is 1. The number of nitrogens with one attached hydrogen (secondary N) is 1. The first-order chi connectivity index (χ1) is 14.6. The topological polar surface area (TPSA) is 90.9 Å². The maximum atomic E-state index is 12.4. The van der Waals surface area contributed by atoms with Gasteiger partial charge in [0.25, 0.3) is 5.91 Å². The Labute approximate surface area is 176 Å². The zero-order chi connectivity index (χ0) is 20.9. The highest BCUT2D eigenvalue weighted by Crippen LogP contribution is 2.30. The van der Waals surface area contributed by atoms with Gasteiger partial charge in [-0.2, -0.15) is 0 Å². The van der Waals surface area contributed by atoms with Crippen molar-refractivity contribution in [2.24, 2.45) is 0 Å². The molecular formula is C22H17NO6S. The van der Waals surface area contributed by atoms with Crippen molar-refractivity contribution in [1.29, 1.82) is 0 Å². The number of Topliss-reactive ketones (excluding diaryl/α,β-unsaturated/α-hetero) is 1. The van der Waals surface area contributed by atoms with E-state index in [1.54, 1.807) is 53.9 Å². The monoisotopic (exact) mass is 423 g/mol. The largest absolute Gasteiger partial charge is 0.486 e. The van der Waals surface area contributed by atoms with Gasteiger partial charge in [0, 0.05) is 11.3 Å². The second-order valence-electron chi connectivity index (χ2n) is 6.37. The summed E-state index contributed by atoms with van der Waals surface area (Å²) in [5, 5.41) is 4.54. The third-order valence-corrected chi connectivity index (χ3v) is 5.17. The van der Waals surface area contributed by atoms with E-state index in [0.717, 1.165) is 0 Å². The lowest BCUT2D eigenvalue weighted by Crippen LogP contribution is -2.17. The number of carbonyl (C=O) groups excluding carboxylic acids is 3. The van der Waals surface area contributed by atoms with Crippen molar-refractivity contribution in [2.45, 2.75) is 0 Å². The molecule has 0 spiro atoms. The van der Waals surface area contributed by atoms with Crippen LogP contribution in [0.3, 0.4) is 0 Å². The summed E-state index contributed by atoms with van der Waals surface area (Å²) in [5.41, 5.74) is 1.05. The Morgan fingerprint density at radius 3 is 2.57 bits per heavy atom. The molecule has 0 fully saturated rings. The lowest BCUT2D eigenvalue weighted by molar-refractivity contribution is 0.0474. The predicted octanol–water partition coefficient (Wildman–Crippen LogP) is 3.81. The van der Waals surface area contributed by atoms with Crippen molar-refractivity contribution in [3.8, 4) is 11.5 Å². The van der Waals surface area contributed by atoms with Gasteiger partial charge in [0.05, 0.1) is 10.4 Å². The zero-order valence-corrected chi connectivity index (χ0v) is 16.6. The van der Waals surface area contributed by atoms with Gasteiger partial charge < -0.3 is 19.5 Å². The molecule has 3 aromatic rings. The van der Waals surface area contributed by atoms with Crippen LogP contribution in [0, 0.1) is 0 Å². The third-order valence-electron chi connectivity index (χ3n) is 4.30. The molecule has 0 radical (unpaired) electrons. The second kappa shape index (κ2) is 8.79. The van der Waals surface area contributed by atoms with Gasteiger partial charge in [-0.05, 0) is 47.8 Å². The molecular weight excluding hydrogens is 406 g/mol. The van der Waals surface area contributed by atoms with Crippen LogP contribution in [-0.2, 0) is 4.74 Å². The van der Waals surface area contributed by atoms with E-state index in [9.17, 15) is 14.4 Å². The van der Waals surface area contributed by atoms with Crippen molar-refractivity contribution in [3.63, 3.8) is 0 Å². The Kier molecular flexibility index (Phi) is 5.76. The third kappa shape index (κ3) is 4.49. The average molecular weight is 423 g/mol. The highest BCUT2D eigenvalue weighted by molar-refractivity contribution is 7.12. The number of ketones is 1. The minimum absolute atomic E-state index is 0.231. The molecule has 1 aromatic heterocycles. The van der Waals surface area contributed by atoms with Gasteiger partial charge in [-0.25, -0.2) is 4.79 Å². The number of hydrogen-bond acceptors (Lipinski definition) is 7. The summed E-state index contributed by atoms with van der Waals surface area (Å²) in [7, 11) is 0. The Morgan fingerprint density at radius 1 is 0.933 bits per heavy atom. The van der Waals surface area contributed by atoms with Crippen LogP contribution in [-0.4, -0.2) is 37.5 Å². The highest BCUT2D eigenvalue weighted by atomic mass is 32.1. The maximum Gasteiger partial charge on any atom is 0.338 e. The van der Waals surface area contributed by atoms with E-state index < -0.39 is 12.6 Å². The van der Waals surface area contributed by atoms with E-state index in [2.05, 4.69) is 5.32 Å². The number of amides is 1. The van der Waals surface area contributed by atoms with Crippen molar-refractivity contribution in [3.05, 3.63) is 76.0 Å². The van der Waals surface area contributed by atoms with Crippen molar-refractivity contribution >= 4 is 34.7 Å². The SMILES string of the molecule is O=C(COC(=O)c1cccc(NC(=O)c2cccs2)c1)c1ccc2c(c1)OCCO2. The Balaban J connectivity index is 1.37. The van der Waals surface area contributed by atoms with Gasteiger partial charge >= 0.3 is 5.97 Å². The number of thiophene rings is 1. The molecule has 1 N–H and O–H groups in total. The second-order valence-corrected chi connectivity index (χ2v) is 7.32. The molecule has 30 heavy (non-hydrogen) atoms. The fraction of sp³-hybridized carbons (Fsp3) is 0.136. The molecule has 152 valence electrons. The van der Waals surface area contributed by atoms with Gasteiger partial charge in [-0.15, -0.1) is 11.3 Å². The normalized spacial score (nSPS) is 12.1. The standard InChI is InChI=1S/C22H17NO6S/c24-17(14-6-7-18-19(12-14)28-9-8-27-18)13-29-22(26)15-3-1-4-16(11-15)23-21(25)20-5-2-10-30-20/h1-7,10-12H,8-9,13H2,(H,23,25).